The van der Waals surface area contributed by atoms with Crippen molar-refractivity contribution in [2.75, 3.05) is 26.8 Å². The molecule has 1 heterocycles. The van der Waals surface area contributed by atoms with Gasteiger partial charge >= 0.3 is 5.97 Å². The van der Waals surface area contributed by atoms with Crippen LogP contribution in [-0.4, -0.2) is 55.7 Å². The van der Waals surface area contributed by atoms with Crippen molar-refractivity contribution in [2.24, 2.45) is 0 Å². The fourth-order valence-corrected chi connectivity index (χ4v) is 5.39. The van der Waals surface area contributed by atoms with Gasteiger partial charge in [0.05, 0.1) is 12.7 Å². The predicted octanol–water partition coefficient (Wildman–Crippen LogP) is 5.40. The number of nitrogens with one attached hydrogen (secondary N) is 1. The molecule has 1 amide bonds. The van der Waals surface area contributed by atoms with E-state index in [-0.39, 0.29) is 24.5 Å². The van der Waals surface area contributed by atoms with Gasteiger partial charge in [-0.2, -0.15) is 0 Å². The Kier molecular flexibility index (Phi) is 9.79. The number of hydrogen-bond acceptors (Lipinski definition) is 5. The Labute approximate surface area is 215 Å². The Bertz CT molecular complexity index is 1040. The summed E-state index contributed by atoms with van der Waals surface area (Å²) in [5.41, 5.74) is 0.650. The summed E-state index contributed by atoms with van der Waals surface area (Å²) in [5, 5.41) is 5.55. The fraction of sp³-hybridized carbons (Fsp3) is 0.533. The van der Waals surface area contributed by atoms with Crippen LogP contribution >= 0.6 is 0 Å². The van der Waals surface area contributed by atoms with Crippen LogP contribution in [0.5, 0.6) is 5.75 Å². The summed E-state index contributed by atoms with van der Waals surface area (Å²) in [7, 11) is 1.41. The zero-order valence-electron chi connectivity index (χ0n) is 21.5. The highest BCUT2D eigenvalue weighted by atomic mass is 16.5. The molecule has 1 aliphatic carbocycles. The van der Waals surface area contributed by atoms with Gasteiger partial charge in [-0.05, 0) is 61.4 Å². The zero-order chi connectivity index (χ0) is 25.2. The summed E-state index contributed by atoms with van der Waals surface area (Å²) < 4.78 is 10.8. The molecule has 2 aliphatic rings. The number of benzene rings is 2. The average molecular weight is 493 g/mol. The third-order valence-corrected chi connectivity index (χ3v) is 7.51. The molecule has 1 aliphatic heterocycles. The summed E-state index contributed by atoms with van der Waals surface area (Å²) in [6, 6.07) is 15.0. The van der Waals surface area contributed by atoms with Gasteiger partial charge in [0, 0.05) is 31.6 Å². The van der Waals surface area contributed by atoms with E-state index in [4.69, 9.17) is 9.47 Å². The second-order valence-electron chi connectivity index (χ2n) is 10.1. The summed E-state index contributed by atoms with van der Waals surface area (Å²) in [4.78, 5) is 27.2. The molecule has 0 aromatic heterocycles. The van der Waals surface area contributed by atoms with Crippen molar-refractivity contribution in [1.29, 1.82) is 0 Å². The zero-order valence-corrected chi connectivity index (χ0v) is 21.5. The number of carbonyl (C=O) groups excluding carboxylic acids is 2. The largest absolute Gasteiger partial charge is 0.489 e. The number of fused-ring (bicyclic) bond motifs is 1. The second-order valence-corrected chi connectivity index (χ2v) is 10.1. The Morgan fingerprint density at radius 2 is 1.83 bits per heavy atom. The SMILES string of the molecule is COC(=O)CCCC/C=C(\COc1ccc2ccccc2c1)C(=O)NC1CCN(C2CCCCC2)C1. The molecule has 4 rings (SSSR count). The fourth-order valence-electron chi connectivity index (χ4n) is 5.39. The van der Waals surface area contributed by atoms with Crippen molar-refractivity contribution in [3.63, 3.8) is 0 Å². The lowest BCUT2D eigenvalue weighted by Gasteiger charge is -2.31. The number of likely N-dealkylation sites (tertiary alicyclic amines) is 1. The minimum atomic E-state index is -0.194. The quantitative estimate of drug-likeness (QED) is 0.258. The predicted molar refractivity (Wildman–Crippen MR) is 143 cm³/mol. The van der Waals surface area contributed by atoms with E-state index >= 15 is 0 Å². The lowest BCUT2D eigenvalue weighted by Crippen LogP contribution is -2.41. The first-order valence-electron chi connectivity index (χ1n) is 13.5. The highest BCUT2D eigenvalue weighted by Crippen LogP contribution is 2.26. The van der Waals surface area contributed by atoms with Crippen molar-refractivity contribution in [1.82, 2.24) is 10.2 Å². The molecule has 1 atom stereocenters. The maximum absolute atomic E-state index is 13.3. The number of unbranched alkanes of at least 4 members (excludes halogenated alkanes) is 2. The van der Waals surface area contributed by atoms with Gasteiger partial charge in [-0.25, -0.2) is 0 Å². The number of nitrogens with zero attached hydrogens (tertiary/aromatic N) is 1. The van der Waals surface area contributed by atoms with Crippen LogP contribution in [0.15, 0.2) is 54.1 Å². The van der Waals surface area contributed by atoms with Crippen molar-refractivity contribution in [2.45, 2.75) is 76.3 Å². The smallest absolute Gasteiger partial charge is 0.305 e. The first-order chi connectivity index (χ1) is 17.6. The molecule has 36 heavy (non-hydrogen) atoms. The Morgan fingerprint density at radius 3 is 2.64 bits per heavy atom. The van der Waals surface area contributed by atoms with E-state index in [0.717, 1.165) is 55.3 Å². The van der Waals surface area contributed by atoms with Crippen LogP contribution in [-0.2, 0) is 14.3 Å². The molecule has 1 unspecified atom stereocenters. The first-order valence-corrected chi connectivity index (χ1v) is 13.5. The number of amides is 1. The van der Waals surface area contributed by atoms with Crippen molar-refractivity contribution in [3.8, 4) is 5.75 Å². The van der Waals surface area contributed by atoms with Crippen LogP contribution in [0, 0.1) is 0 Å². The van der Waals surface area contributed by atoms with Gasteiger partial charge in [-0.15, -0.1) is 0 Å². The summed E-state index contributed by atoms with van der Waals surface area (Å²) in [5.74, 6) is 0.516. The number of allylic oxidation sites excluding steroid dienone is 1. The van der Waals surface area contributed by atoms with Gasteiger partial charge < -0.3 is 14.8 Å². The number of hydrogen-bond donors (Lipinski definition) is 1. The number of ether oxygens (including phenoxy) is 2. The molecule has 1 saturated heterocycles. The summed E-state index contributed by atoms with van der Waals surface area (Å²) in [6.07, 6.45) is 12.2. The topological polar surface area (TPSA) is 67.9 Å². The van der Waals surface area contributed by atoms with Crippen molar-refractivity contribution < 1.29 is 19.1 Å². The van der Waals surface area contributed by atoms with Crippen molar-refractivity contribution >= 4 is 22.6 Å². The molecule has 1 N–H and O–H groups in total. The molecular formula is C30H40N2O4. The molecule has 2 aromatic rings. The first kappa shape index (κ1) is 26.2. The molecule has 2 aromatic carbocycles. The van der Waals surface area contributed by atoms with Gasteiger partial charge in [-0.3, -0.25) is 14.5 Å². The molecule has 0 radical (unpaired) electrons. The van der Waals surface area contributed by atoms with E-state index in [2.05, 4.69) is 22.3 Å². The van der Waals surface area contributed by atoms with Gasteiger partial charge in [-0.1, -0.05) is 55.7 Å². The normalized spacial score (nSPS) is 19.4. The molecule has 194 valence electrons. The molecule has 0 bridgehead atoms. The summed E-state index contributed by atoms with van der Waals surface area (Å²) in [6.45, 7) is 2.23. The van der Waals surface area contributed by atoms with Crippen LogP contribution in [0.1, 0.15) is 64.2 Å². The van der Waals surface area contributed by atoms with Gasteiger partial charge in [0.1, 0.15) is 12.4 Å². The van der Waals surface area contributed by atoms with Gasteiger partial charge in [0.2, 0.25) is 0 Å². The summed E-state index contributed by atoms with van der Waals surface area (Å²) >= 11 is 0. The lowest BCUT2D eigenvalue weighted by molar-refractivity contribution is -0.140. The second kappa shape index (κ2) is 13.4. The van der Waals surface area contributed by atoms with Crippen LogP contribution in [0.4, 0.5) is 0 Å². The minimum Gasteiger partial charge on any atom is -0.489 e. The van der Waals surface area contributed by atoms with E-state index in [1.165, 1.54) is 39.2 Å². The third-order valence-electron chi connectivity index (χ3n) is 7.51. The van der Waals surface area contributed by atoms with Crippen molar-refractivity contribution in [3.05, 3.63) is 54.1 Å². The van der Waals surface area contributed by atoms with E-state index < -0.39 is 0 Å². The number of esters is 1. The van der Waals surface area contributed by atoms with Crippen LogP contribution in [0.2, 0.25) is 0 Å². The lowest BCUT2D eigenvalue weighted by atomic mass is 9.94. The van der Waals surface area contributed by atoms with Gasteiger partial charge in [0.25, 0.3) is 5.91 Å². The molecule has 6 nitrogen and oxygen atoms in total. The monoisotopic (exact) mass is 492 g/mol. The highest BCUT2D eigenvalue weighted by molar-refractivity contribution is 5.94. The van der Waals surface area contributed by atoms with E-state index in [0.29, 0.717) is 18.0 Å². The van der Waals surface area contributed by atoms with Crippen LogP contribution in [0.25, 0.3) is 10.8 Å². The Balaban J connectivity index is 1.34. The number of methoxy groups -OCH3 is 1. The average Bonchev–Trinajstić information content (AvgIpc) is 3.38. The Hall–Kier alpha value is -2.86. The maximum Gasteiger partial charge on any atom is 0.305 e. The standard InChI is InChI=1S/C30H40N2O4/c1-35-29(33)15-7-2-4-12-25(22-36-28-17-16-23-10-8-9-11-24(23)20-28)30(34)31-26-18-19-32(21-26)27-13-5-3-6-14-27/h8-12,16-17,20,26-27H,2-7,13-15,18-19,21-22H2,1H3,(H,31,34)/b25-12+. The van der Waals surface area contributed by atoms with E-state index in [9.17, 15) is 9.59 Å². The molecule has 0 spiro atoms. The Morgan fingerprint density at radius 1 is 1.03 bits per heavy atom. The van der Waals surface area contributed by atoms with Crippen LogP contribution in [0.3, 0.4) is 0 Å². The molecule has 6 heteroatoms. The highest BCUT2D eigenvalue weighted by Gasteiger charge is 2.30. The number of carbonyl (C=O) groups is 2. The molecule has 2 fully saturated rings. The van der Waals surface area contributed by atoms with Crippen LogP contribution < -0.4 is 10.1 Å². The van der Waals surface area contributed by atoms with Gasteiger partial charge in [0.15, 0.2) is 0 Å². The molecular weight excluding hydrogens is 452 g/mol. The molecule has 1 saturated carbocycles. The van der Waals surface area contributed by atoms with E-state index in [1.807, 2.05) is 36.4 Å². The van der Waals surface area contributed by atoms with E-state index in [1.54, 1.807) is 0 Å². The number of rotatable bonds is 11. The third kappa shape index (κ3) is 7.57. The maximum atomic E-state index is 13.3. The minimum absolute atomic E-state index is 0.0424.